The standard InChI is InChI=1S/C17H26BrNO/c1-10-14(16(20)15(18)11(2)19-10)12-6-8-13(9-7-12)17(3,4)5/h12-13H,6-9H2,1-5H3,(H,19,20). The number of halogens is 1. The minimum atomic E-state index is 0.193. The van der Waals surface area contributed by atoms with E-state index in [0.29, 0.717) is 15.8 Å². The van der Waals surface area contributed by atoms with Crippen LogP contribution in [-0.2, 0) is 0 Å². The zero-order chi connectivity index (χ0) is 15.1. The average molecular weight is 340 g/mol. The van der Waals surface area contributed by atoms with Crippen LogP contribution in [0.1, 0.15) is 69.3 Å². The van der Waals surface area contributed by atoms with Crippen LogP contribution in [0.15, 0.2) is 9.27 Å². The van der Waals surface area contributed by atoms with Crippen molar-refractivity contribution in [1.82, 2.24) is 4.98 Å². The van der Waals surface area contributed by atoms with Crippen molar-refractivity contribution in [2.24, 2.45) is 11.3 Å². The first-order chi connectivity index (χ1) is 9.21. The Morgan fingerprint density at radius 1 is 1.05 bits per heavy atom. The van der Waals surface area contributed by atoms with Gasteiger partial charge >= 0.3 is 0 Å². The molecule has 0 amide bonds. The summed E-state index contributed by atoms with van der Waals surface area (Å²) in [6.45, 7) is 11.0. The highest BCUT2D eigenvalue weighted by atomic mass is 79.9. The number of H-pyrrole nitrogens is 1. The minimum Gasteiger partial charge on any atom is -0.361 e. The molecule has 0 radical (unpaired) electrons. The van der Waals surface area contributed by atoms with E-state index in [1.165, 1.54) is 12.8 Å². The van der Waals surface area contributed by atoms with Gasteiger partial charge in [-0.3, -0.25) is 4.79 Å². The summed E-state index contributed by atoms with van der Waals surface area (Å²) in [5.74, 6) is 1.21. The van der Waals surface area contributed by atoms with Crippen molar-refractivity contribution in [2.75, 3.05) is 0 Å². The van der Waals surface area contributed by atoms with Gasteiger partial charge in [0.05, 0.1) is 4.47 Å². The molecule has 1 aromatic rings. The second kappa shape index (κ2) is 5.67. The third-order valence-corrected chi connectivity index (χ3v) is 5.87. The SMILES string of the molecule is Cc1[nH]c(C)c(C2CCC(C(C)(C)C)CC2)c(=O)c1Br. The molecule has 1 aliphatic rings. The summed E-state index contributed by atoms with van der Waals surface area (Å²) in [4.78, 5) is 15.9. The molecule has 1 saturated carbocycles. The van der Waals surface area contributed by atoms with Gasteiger partial charge in [-0.2, -0.15) is 0 Å². The quantitative estimate of drug-likeness (QED) is 0.760. The monoisotopic (exact) mass is 339 g/mol. The number of hydrogen-bond acceptors (Lipinski definition) is 1. The maximum atomic E-state index is 12.5. The summed E-state index contributed by atoms with van der Waals surface area (Å²) in [5.41, 5.74) is 3.57. The summed E-state index contributed by atoms with van der Waals surface area (Å²) in [6.07, 6.45) is 4.75. The molecular formula is C17H26BrNO. The number of aryl methyl sites for hydroxylation is 2. The fourth-order valence-electron chi connectivity index (χ4n) is 3.60. The lowest BCUT2D eigenvalue weighted by atomic mass is 9.68. The van der Waals surface area contributed by atoms with Crippen molar-refractivity contribution < 1.29 is 0 Å². The zero-order valence-electron chi connectivity index (χ0n) is 13.3. The van der Waals surface area contributed by atoms with Crippen LogP contribution in [0.25, 0.3) is 0 Å². The van der Waals surface area contributed by atoms with Crippen molar-refractivity contribution in [3.8, 4) is 0 Å². The van der Waals surface area contributed by atoms with Crippen LogP contribution in [0, 0.1) is 25.2 Å². The number of nitrogens with one attached hydrogen (secondary N) is 1. The van der Waals surface area contributed by atoms with Gasteiger partial charge in [-0.05, 0) is 72.7 Å². The third kappa shape index (κ3) is 3.03. The first-order valence-corrected chi connectivity index (χ1v) is 8.40. The van der Waals surface area contributed by atoms with E-state index in [0.717, 1.165) is 35.7 Å². The smallest absolute Gasteiger partial charge is 0.199 e. The summed E-state index contributed by atoms with van der Waals surface area (Å²) in [5, 5.41) is 0. The molecule has 0 saturated heterocycles. The van der Waals surface area contributed by atoms with E-state index in [1.54, 1.807) is 0 Å². The molecular weight excluding hydrogens is 314 g/mol. The highest BCUT2D eigenvalue weighted by molar-refractivity contribution is 9.10. The van der Waals surface area contributed by atoms with E-state index in [4.69, 9.17) is 0 Å². The van der Waals surface area contributed by atoms with Crippen molar-refractivity contribution >= 4 is 15.9 Å². The fourth-order valence-corrected chi connectivity index (χ4v) is 3.91. The van der Waals surface area contributed by atoms with Crippen molar-refractivity contribution in [2.45, 2.75) is 66.2 Å². The van der Waals surface area contributed by atoms with Gasteiger partial charge < -0.3 is 4.98 Å². The second-order valence-electron chi connectivity index (χ2n) is 7.35. The van der Waals surface area contributed by atoms with Crippen LogP contribution in [0.2, 0.25) is 0 Å². The van der Waals surface area contributed by atoms with Gasteiger partial charge in [-0.25, -0.2) is 0 Å². The Morgan fingerprint density at radius 2 is 1.60 bits per heavy atom. The highest BCUT2D eigenvalue weighted by Crippen LogP contribution is 2.43. The topological polar surface area (TPSA) is 32.9 Å². The molecule has 1 N–H and O–H groups in total. The maximum absolute atomic E-state index is 12.5. The molecule has 20 heavy (non-hydrogen) atoms. The molecule has 0 atom stereocenters. The Bertz CT molecular complexity index is 545. The van der Waals surface area contributed by atoms with E-state index in [1.807, 2.05) is 13.8 Å². The molecule has 3 heteroatoms. The minimum absolute atomic E-state index is 0.193. The number of aromatic amines is 1. The molecule has 2 rings (SSSR count). The van der Waals surface area contributed by atoms with Gasteiger partial charge in [-0.1, -0.05) is 20.8 Å². The van der Waals surface area contributed by atoms with Gasteiger partial charge in [-0.15, -0.1) is 0 Å². The predicted octanol–water partition coefficient (Wildman–Crippen LogP) is 5.07. The van der Waals surface area contributed by atoms with E-state index >= 15 is 0 Å². The highest BCUT2D eigenvalue weighted by Gasteiger charge is 2.32. The predicted molar refractivity (Wildman–Crippen MR) is 88.4 cm³/mol. The number of hydrogen-bond donors (Lipinski definition) is 1. The molecule has 0 spiro atoms. The third-order valence-electron chi connectivity index (χ3n) is 4.91. The van der Waals surface area contributed by atoms with Crippen LogP contribution in [0.5, 0.6) is 0 Å². The van der Waals surface area contributed by atoms with Gasteiger partial charge in [0.2, 0.25) is 0 Å². The summed E-state index contributed by atoms with van der Waals surface area (Å²) < 4.78 is 0.705. The lowest BCUT2D eigenvalue weighted by molar-refractivity contribution is 0.168. The molecule has 1 aliphatic carbocycles. The van der Waals surface area contributed by atoms with Crippen LogP contribution in [0.3, 0.4) is 0 Å². The summed E-state index contributed by atoms with van der Waals surface area (Å²) >= 11 is 3.43. The average Bonchev–Trinajstić information content (AvgIpc) is 2.36. The first kappa shape index (κ1) is 15.8. The summed E-state index contributed by atoms with van der Waals surface area (Å²) in [7, 11) is 0. The zero-order valence-corrected chi connectivity index (χ0v) is 14.9. The number of aromatic nitrogens is 1. The fraction of sp³-hybridized carbons (Fsp3) is 0.706. The number of rotatable bonds is 1. The Morgan fingerprint density at radius 3 is 2.10 bits per heavy atom. The largest absolute Gasteiger partial charge is 0.361 e. The molecule has 1 fully saturated rings. The maximum Gasteiger partial charge on any atom is 0.199 e. The Labute approximate surface area is 130 Å². The molecule has 0 bridgehead atoms. The van der Waals surface area contributed by atoms with E-state index in [-0.39, 0.29) is 5.43 Å². The van der Waals surface area contributed by atoms with Crippen molar-refractivity contribution in [3.63, 3.8) is 0 Å². The lowest BCUT2D eigenvalue weighted by Gasteiger charge is -2.37. The molecule has 1 aromatic heterocycles. The molecule has 1 heterocycles. The van der Waals surface area contributed by atoms with Crippen LogP contribution in [-0.4, -0.2) is 4.98 Å². The molecule has 0 unspecified atom stereocenters. The molecule has 2 nitrogen and oxygen atoms in total. The Hall–Kier alpha value is -0.570. The van der Waals surface area contributed by atoms with Crippen molar-refractivity contribution in [3.05, 3.63) is 31.6 Å². The van der Waals surface area contributed by atoms with Gasteiger partial charge in [0.15, 0.2) is 5.43 Å². The van der Waals surface area contributed by atoms with E-state index in [2.05, 4.69) is 41.7 Å². The van der Waals surface area contributed by atoms with E-state index < -0.39 is 0 Å². The van der Waals surface area contributed by atoms with Crippen molar-refractivity contribution in [1.29, 1.82) is 0 Å². The normalized spacial score (nSPS) is 23.9. The number of pyridine rings is 1. The molecule has 0 aromatic carbocycles. The second-order valence-corrected chi connectivity index (χ2v) is 8.14. The van der Waals surface area contributed by atoms with Gasteiger partial charge in [0.25, 0.3) is 0 Å². The summed E-state index contributed by atoms with van der Waals surface area (Å²) in [6, 6.07) is 0. The first-order valence-electron chi connectivity index (χ1n) is 7.60. The molecule has 0 aliphatic heterocycles. The lowest BCUT2D eigenvalue weighted by Crippen LogP contribution is -2.28. The Kier molecular flexibility index (Phi) is 4.48. The van der Waals surface area contributed by atoms with Crippen LogP contribution < -0.4 is 5.43 Å². The van der Waals surface area contributed by atoms with Crippen LogP contribution >= 0.6 is 15.9 Å². The van der Waals surface area contributed by atoms with Gasteiger partial charge in [0, 0.05) is 17.0 Å². The van der Waals surface area contributed by atoms with Crippen LogP contribution in [0.4, 0.5) is 0 Å². The molecule has 112 valence electrons. The van der Waals surface area contributed by atoms with E-state index in [9.17, 15) is 4.79 Å². The Balaban J connectivity index is 2.24. The van der Waals surface area contributed by atoms with Gasteiger partial charge in [0.1, 0.15) is 0 Å².